The van der Waals surface area contributed by atoms with E-state index < -0.39 is 12.1 Å². The molecule has 120 valence electrons. The van der Waals surface area contributed by atoms with Gasteiger partial charge in [0.25, 0.3) is 0 Å². The van der Waals surface area contributed by atoms with E-state index in [1.165, 1.54) is 6.07 Å². The highest BCUT2D eigenvalue weighted by Gasteiger charge is 2.11. The number of carbonyl (C=O) groups is 2. The Morgan fingerprint density at radius 2 is 1.91 bits per heavy atom. The Bertz CT molecular complexity index is 686. The fourth-order valence-electron chi connectivity index (χ4n) is 2.05. The zero-order valence-corrected chi connectivity index (χ0v) is 12.8. The molecular weight excluding hydrogens is 296 g/mol. The van der Waals surface area contributed by atoms with Gasteiger partial charge < -0.3 is 15.2 Å². The Hall–Kier alpha value is -2.89. The first-order valence-electron chi connectivity index (χ1n) is 7.26. The number of hydrogen-bond acceptors (Lipinski definition) is 4. The molecule has 0 unspecified atom stereocenters. The topological polar surface area (TPSA) is 88.5 Å². The molecule has 23 heavy (non-hydrogen) atoms. The van der Waals surface area contributed by atoms with Crippen molar-refractivity contribution in [3.8, 4) is 0 Å². The van der Waals surface area contributed by atoms with Crippen LogP contribution in [0.5, 0.6) is 0 Å². The van der Waals surface area contributed by atoms with Crippen LogP contribution in [0.15, 0.2) is 42.5 Å². The van der Waals surface area contributed by atoms with Crippen molar-refractivity contribution in [2.24, 2.45) is 0 Å². The van der Waals surface area contributed by atoms with Crippen molar-refractivity contribution in [2.45, 2.75) is 26.5 Å². The molecule has 1 heterocycles. The fraction of sp³-hybridized carbons (Fsp3) is 0.235. The summed E-state index contributed by atoms with van der Waals surface area (Å²) in [6.45, 7) is 2.21. The van der Waals surface area contributed by atoms with E-state index in [0.29, 0.717) is 17.8 Å². The first kappa shape index (κ1) is 16.5. The minimum absolute atomic E-state index is 0.181. The molecule has 2 N–H and O–H groups in total. The molecule has 0 atom stereocenters. The maximum atomic E-state index is 11.7. The predicted molar refractivity (Wildman–Crippen MR) is 84.0 cm³/mol. The second-order valence-corrected chi connectivity index (χ2v) is 4.87. The first-order chi connectivity index (χ1) is 11.1. The third-order valence-corrected chi connectivity index (χ3v) is 3.22. The second kappa shape index (κ2) is 7.93. The molecule has 2 aromatic rings. The summed E-state index contributed by atoms with van der Waals surface area (Å²) in [6, 6.07) is 12.5. The van der Waals surface area contributed by atoms with Crippen molar-refractivity contribution in [3.63, 3.8) is 0 Å². The molecule has 0 fully saturated rings. The minimum Gasteiger partial charge on any atom is -0.478 e. The molecule has 0 aliphatic carbocycles. The lowest BCUT2D eigenvalue weighted by atomic mass is 10.1. The summed E-state index contributed by atoms with van der Waals surface area (Å²) < 4.78 is 5.10. The molecule has 1 aromatic heterocycles. The average Bonchev–Trinajstić information content (AvgIpc) is 2.58. The van der Waals surface area contributed by atoms with Crippen molar-refractivity contribution in [2.75, 3.05) is 0 Å². The molecule has 6 heteroatoms. The van der Waals surface area contributed by atoms with Gasteiger partial charge in [0.05, 0.1) is 23.5 Å². The van der Waals surface area contributed by atoms with Crippen LogP contribution in [-0.2, 0) is 24.3 Å². The molecule has 0 saturated heterocycles. The zero-order valence-electron chi connectivity index (χ0n) is 12.8. The predicted octanol–water partition coefficient (Wildman–Crippen LogP) is 2.77. The number of carbonyl (C=O) groups excluding carboxylic acids is 1. The Balaban J connectivity index is 1.88. The summed E-state index contributed by atoms with van der Waals surface area (Å²) in [7, 11) is 0. The van der Waals surface area contributed by atoms with E-state index in [4.69, 9.17) is 9.84 Å². The molecule has 0 bridgehead atoms. The number of aromatic carboxylic acids is 1. The molecule has 1 amide bonds. The minimum atomic E-state index is -1.00. The van der Waals surface area contributed by atoms with Crippen molar-refractivity contribution in [1.29, 1.82) is 0 Å². The van der Waals surface area contributed by atoms with Gasteiger partial charge in [-0.1, -0.05) is 37.3 Å². The number of amides is 1. The van der Waals surface area contributed by atoms with Crippen molar-refractivity contribution in [3.05, 3.63) is 65.0 Å². The van der Waals surface area contributed by atoms with Crippen molar-refractivity contribution < 1.29 is 19.4 Å². The largest absolute Gasteiger partial charge is 0.478 e. The summed E-state index contributed by atoms with van der Waals surface area (Å²) in [5.41, 5.74) is 2.17. The van der Waals surface area contributed by atoms with E-state index in [0.717, 1.165) is 5.56 Å². The van der Waals surface area contributed by atoms with Crippen LogP contribution in [0.1, 0.15) is 34.2 Å². The SMILES string of the molecule is CCc1nc(CNC(=O)OCc2ccccc2)ccc1C(=O)O. The van der Waals surface area contributed by atoms with E-state index in [1.54, 1.807) is 6.07 Å². The van der Waals surface area contributed by atoms with Crippen LogP contribution in [0.4, 0.5) is 4.79 Å². The summed E-state index contributed by atoms with van der Waals surface area (Å²) in [5.74, 6) is -1.00. The lowest BCUT2D eigenvalue weighted by molar-refractivity contribution is 0.0695. The number of aryl methyl sites for hydroxylation is 1. The molecule has 0 aliphatic heterocycles. The third kappa shape index (κ3) is 4.81. The molecule has 0 saturated carbocycles. The highest BCUT2D eigenvalue weighted by molar-refractivity contribution is 5.88. The molecular formula is C17H18N2O4. The van der Waals surface area contributed by atoms with Crippen LogP contribution in [-0.4, -0.2) is 22.2 Å². The van der Waals surface area contributed by atoms with Crippen LogP contribution < -0.4 is 5.32 Å². The number of hydrogen-bond donors (Lipinski definition) is 2. The normalized spacial score (nSPS) is 10.1. The number of pyridine rings is 1. The monoisotopic (exact) mass is 314 g/mol. The second-order valence-electron chi connectivity index (χ2n) is 4.87. The molecule has 0 radical (unpaired) electrons. The first-order valence-corrected chi connectivity index (χ1v) is 7.26. The van der Waals surface area contributed by atoms with E-state index in [2.05, 4.69) is 10.3 Å². The maximum absolute atomic E-state index is 11.7. The van der Waals surface area contributed by atoms with E-state index in [-0.39, 0.29) is 18.7 Å². The number of nitrogens with one attached hydrogen (secondary N) is 1. The van der Waals surface area contributed by atoms with Gasteiger partial charge in [0.2, 0.25) is 0 Å². The number of carboxylic acids is 1. The fourth-order valence-corrected chi connectivity index (χ4v) is 2.05. The quantitative estimate of drug-likeness (QED) is 0.856. The average molecular weight is 314 g/mol. The number of ether oxygens (including phenoxy) is 1. The molecule has 0 spiro atoms. The zero-order chi connectivity index (χ0) is 16.7. The Morgan fingerprint density at radius 1 is 1.17 bits per heavy atom. The summed E-state index contributed by atoms with van der Waals surface area (Å²) >= 11 is 0. The Kier molecular flexibility index (Phi) is 5.68. The standard InChI is InChI=1S/C17H18N2O4/c1-2-15-14(16(20)21)9-8-13(19-15)10-18-17(22)23-11-12-6-4-3-5-7-12/h3-9H,2,10-11H2,1H3,(H,18,22)(H,20,21). The number of alkyl carbamates (subject to hydrolysis) is 1. The molecule has 6 nitrogen and oxygen atoms in total. The highest BCUT2D eigenvalue weighted by atomic mass is 16.5. The lowest BCUT2D eigenvalue weighted by Gasteiger charge is -2.09. The molecule has 1 aromatic carbocycles. The van der Waals surface area contributed by atoms with E-state index in [1.807, 2.05) is 37.3 Å². The summed E-state index contributed by atoms with van der Waals surface area (Å²) in [5, 5.41) is 11.7. The summed E-state index contributed by atoms with van der Waals surface area (Å²) in [6.07, 6.45) is -0.0375. The van der Waals surface area contributed by atoms with Gasteiger partial charge in [0.1, 0.15) is 6.61 Å². The maximum Gasteiger partial charge on any atom is 0.407 e. The van der Waals surface area contributed by atoms with Crippen LogP contribution in [0.3, 0.4) is 0 Å². The number of nitrogens with zero attached hydrogens (tertiary/aromatic N) is 1. The van der Waals surface area contributed by atoms with Crippen LogP contribution in [0, 0.1) is 0 Å². The summed E-state index contributed by atoms with van der Waals surface area (Å²) in [4.78, 5) is 27.0. The molecule has 0 aliphatic rings. The smallest absolute Gasteiger partial charge is 0.407 e. The number of carboxylic acid groups (broad SMARTS) is 1. The Labute approximate surface area is 134 Å². The van der Waals surface area contributed by atoms with Gasteiger partial charge in [-0.25, -0.2) is 9.59 Å². The van der Waals surface area contributed by atoms with E-state index >= 15 is 0 Å². The number of benzene rings is 1. The lowest BCUT2D eigenvalue weighted by Crippen LogP contribution is -2.24. The van der Waals surface area contributed by atoms with Crippen LogP contribution >= 0.6 is 0 Å². The van der Waals surface area contributed by atoms with Crippen LogP contribution in [0.25, 0.3) is 0 Å². The van der Waals surface area contributed by atoms with Gasteiger partial charge in [-0.15, -0.1) is 0 Å². The van der Waals surface area contributed by atoms with Gasteiger partial charge in [-0.05, 0) is 24.1 Å². The van der Waals surface area contributed by atoms with Gasteiger partial charge >= 0.3 is 12.1 Å². The van der Waals surface area contributed by atoms with Gasteiger partial charge in [-0.3, -0.25) is 4.98 Å². The highest BCUT2D eigenvalue weighted by Crippen LogP contribution is 2.09. The number of rotatable bonds is 6. The third-order valence-electron chi connectivity index (χ3n) is 3.22. The van der Waals surface area contributed by atoms with E-state index in [9.17, 15) is 9.59 Å². The van der Waals surface area contributed by atoms with Gasteiger partial charge in [-0.2, -0.15) is 0 Å². The van der Waals surface area contributed by atoms with Crippen molar-refractivity contribution in [1.82, 2.24) is 10.3 Å². The van der Waals surface area contributed by atoms with Crippen molar-refractivity contribution >= 4 is 12.1 Å². The van der Waals surface area contributed by atoms with Gasteiger partial charge in [0.15, 0.2) is 0 Å². The number of aromatic nitrogens is 1. The Morgan fingerprint density at radius 3 is 2.57 bits per heavy atom. The van der Waals surface area contributed by atoms with Crippen LogP contribution in [0.2, 0.25) is 0 Å². The van der Waals surface area contributed by atoms with Gasteiger partial charge in [0, 0.05) is 0 Å². The molecule has 2 rings (SSSR count).